The van der Waals surface area contributed by atoms with Crippen LogP contribution in [0.15, 0.2) is 16.3 Å². The average Bonchev–Trinajstić information content (AvgIpc) is 2.83. The maximum absolute atomic E-state index is 12.1. The van der Waals surface area contributed by atoms with Gasteiger partial charge >= 0.3 is 0 Å². The van der Waals surface area contributed by atoms with E-state index in [9.17, 15) is 8.42 Å². The molecule has 8 heteroatoms. The van der Waals surface area contributed by atoms with Crippen LogP contribution in [0.4, 0.5) is 0 Å². The first-order chi connectivity index (χ1) is 9.47. The first kappa shape index (κ1) is 17.5. The fourth-order valence-corrected chi connectivity index (χ4v) is 4.00. The van der Waals surface area contributed by atoms with E-state index in [1.165, 1.54) is 11.3 Å². The zero-order valence-electron chi connectivity index (χ0n) is 12.2. The fourth-order valence-electron chi connectivity index (χ4n) is 1.53. The predicted molar refractivity (Wildman–Crippen MR) is 81.6 cm³/mol. The number of ether oxygens (including phenoxy) is 1. The van der Waals surface area contributed by atoms with Gasteiger partial charge in [0, 0.05) is 24.5 Å². The predicted octanol–water partition coefficient (Wildman–Crippen LogP) is 0.324. The van der Waals surface area contributed by atoms with Crippen molar-refractivity contribution in [3.63, 3.8) is 0 Å². The van der Waals surface area contributed by atoms with E-state index in [4.69, 9.17) is 4.74 Å². The highest BCUT2D eigenvalue weighted by atomic mass is 32.2. The number of hydrogen-bond acceptors (Lipinski definition) is 6. The van der Waals surface area contributed by atoms with Crippen molar-refractivity contribution in [1.29, 1.82) is 0 Å². The Morgan fingerprint density at radius 3 is 2.75 bits per heavy atom. The number of likely N-dealkylation sites (N-methyl/N-ethyl adjacent to an activating group) is 1. The van der Waals surface area contributed by atoms with Crippen molar-refractivity contribution in [2.24, 2.45) is 0 Å². The van der Waals surface area contributed by atoms with Gasteiger partial charge in [-0.2, -0.15) is 0 Å². The summed E-state index contributed by atoms with van der Waals surface area (Å²) >= 11 is 1.43. The topological polar surface area (TPSA) is 70.7 Å². The minimum atomic E-state index is -3.44. The molecular weight excluding hydrogens is 298 g/mol. The molecule has 0 bridgehead atoms. The minimum Gasteiger partial charge on any atom is -0.379 e. The molecule has 6 nitrogen and oxygen atoms in total. The number of rotatable bonds is 10. The van der Waals surface area contributed by atoms with Gasteiger partial charge in [0.25, 0.3) is 0 Å². The molecule has 0 atom stereocenters. The molecule has 0 saturated carbocycles. The maximum atomic E-state index is 12.1. The SMILES string of the molecule is CNCc1sccc1S(=O)(=O)NCCOCCN(C)C. The molecule has 1 rings (SSSR count). The summed E-state index contributed by atoms with van der Waals surface area (Å²) in [5, 5.41) is 4.75. The van der Waals surface area contributed by atoms with Crippen molar-refractivity contribution in [3.8, 4) is 0 Å². The molecule has 0 spiro atoms. The summed E-state index contributed by atoms with van der Waals surface area (Å²) in [6.45, 7) is 2.62. The molecule has 20 heavy (non-hydrogen) atoms. The Bertz CT molecular complexity index is 486. The molecule has 0 aliphatic carbocycles. The minimum absolute atomic E-state index is 0.282. The largest absolute Gasteiger partial charge is 0.379 e. The number of thiophene rings is 1. The van der Waals surface area contributed by atoms with Crippen LogP contribution in [0.2, 0.25) is 0 Å². The van der Waals surface area contributed by atoms with Crippen LogP contribution in [0.1, 0.15) is 4.88 Å². The van der Waals surface area contributed by atoms with Gasteiger partial charge in [0.2, 0.25) is 10.0 Å². The van der Waals surface area contributed by atoms with Gasteiger partial charge in [-0.05, 0) is 32.6 Å². The first-order valence-corrected chi connectivity index (χ1v) is 8.76. The molecule has 0 fully saturated rings. The van der Waals surface area contributed by atoms with E-state index < -0.39 is 10.0 Å². The van der Waals surface area contributed by atoms with Crippen molar-refractivity contribution < 1.29 is 13.2 Å². The second kappa shape index (κ2) is 8.71. The van der Waals surface area contributed by atoms with Gasteiger partial charge in [-0.3, -0.25) is 0 Å². The molecule has 116 valence electrons. The van der Waals surface area contributed by atoms with Crippen molar-refractivity contribution in [2.45, 2.75) is 11.4 Å². The van der Waals surface area contributed by atoms with E-state index in [1.54, 1.807) is 18.5 Å². The van der Waals surface area contributed by atoms with E-state index in [0.717, 1.165) is 11.4 Å². The number of sulfonamides is 1. The van der Waals surface area contributed by atoms with E-state index in [-0.39, 0.29) is 6.54 Å². The first-order valence-electron chi connectivity index (χ1n) is 6.40. The lowest BCUT2D eigenvalue weighted by Gasteiger charge is -2.10. The summed E-state index contributed by atoms with van der Waals surface area (Å²) in [5.41, 5.74) is 0. The van der Waals surface area contributed by atoms with Crippen molar-refractivity contribution in [1.82, 2.24) is 14.9 Å². The molecule has 0 amide bonds. The standard InChI is InChI=1S/C12H23N3O3S2/c1-13-10-11-12(4-9-19-11)20(16,17)14-5-7-18-8-6-15(2)3/h4,9,13-14H,5-8,10H2,1-3H3. The molecular formula is C12H23N3O3S2. The zero-order valence-corrected chi connectivity index (χ0v) is 13.8. The van der Waals surface area contributed by atoms with Crippen LogP contribution >= 0.6 is 11.3 Å². The fraction of sp³-hybridized carbons (Fsp3) is 0.667. The number of nitrogens with zero attached hydrogens (tertiary/aromatic N) is 1. The molecule has 0 aliphatic rings. The zero-order chi connectivity index (χ0) is 15.0. The van der Waals surface area contributed by atoms with Crippen LogP contribution in [0.5, 0.6) is 0 Å². The Kier molecular flexibility index (Phi) is 7.63. The number of nitrogens with one attached hydrogen (secondary N) is 2. The molecule has 0 radical (unpaired) electrons. The van der Waals surface area contributed by atoms with Crippen LogP contribution in [-0.4, -0.2) is 60.8 Å². The summed E-state index contributed by atoms with van der Waals surface area (Å²) in [6, 6.07) is 1.63. The summed E-state index contributed by atoms with van der Waals surface area (Å²) in [7, 11) is 2.28. The molecule has 0 aromatic carbocycles. The highest BCUT2D eigenvalue weighted by Gasteiger charge is 2.18. The molecule has 1 aromatic heterocycles. The Morgan fingerprint density at radius 2 is 2.10 bits per heavy atom. The van der Waals surface area contributed by atoms with Crippen LogP contribution in [0.3, 0.4) is 0 Å². The normalized spacial score (nSPS) is 12.2. The van der Waals surface area contributed by atoms with E-state index in [0.29, 0.717) is 24.7 Å². The maximum Gasteiger partial charge on any atom is 0.241 e. The van der Waals surface area contributed by atoms with Crippen molar-refractivity contribution in [2.75, 3.05) is 47.4 Å². The van der Waals surface area contributed by atoms with E-state index in [1.807, 2.05) is 19.0 Å². The lowest BCUT2D eigenvalue weighted by atomic mass is 10.5. The van der Waals surface area contributed by atoms with Gasteiger partial charge in [0.15, 0.2) is 0 Å². The molecule has 1 heterocycles. The van der Waals surface area contributed by atoms with Crippen LogP contribution < -0.4 is 10.0 Å². The molecule has 1 aromatic rings. The van der Waals surface area contributed by atoms with Gasteiger partial charge < -0.3 is 15.0 Å². The van der Waals surface area contributed by atoms with Gasteiger partial charge in [-0.25, -0.2) is 13.1 Å². The Hall–Kier alpha value is -0.510. The second-order valence-electron chi connectivity index (χ2n) is 4.55. The molecule has 0 aliphatic heterocycles. The van der Waals surface area contributed by atoms with Crippen molar-refractivity contribution in [3.05, 3.63) is 16.3 Å². The second-order valence-corrected chi connectivity index (χ2v) is 7.29. The summed E-state index contributed by atoms with van der Waals surface area (Å²) < 4.78 is 32.2. The van der Waals surface area contributed by atoms with E-state index >= 15 is 0 Å². The summed E-state index contributed by atoms with van der Waals surface area (Å²) in [6.07, 6.45) is 0. The third kappa shape index (κ3) is 5.86. The van der Waals surface area contributed by atoms with Crippen molar-refractivity contribution >= 4 is 21.4 Å². The third-order valence-electron chi connectivity index (χ3n) is 2.55. The lowest BCUT2D eigenvalue weighted by molar-refractivity contribution is 0.122. The van der Waals surface area contributed by atoms with Crippen LogP contribution in [-0.2, 0) is 21.3 Å². The van der Waals surface area contributed by atoms with Crippen LogP contribution in [0.25, 0.3) is 0 Å². The Morgan fingerprint density at radius 1 is 1.35 bits per heavy atom. The highest BCUT2D eigenvalue weighted by molar-refractivity contribution is 7.89. The lowest BCUT2D eigenvalue weighted by Crippen LogP contribution is -2.29. The van der Waals surface area contributed by atoms with Gasteiger partial charge in [-0.15, -0.1) is 11.3 Å². The average molecular weight is 321 g/mol. The highest BCUT2D eigenvalue weighted by Crippen LogP contribution is 2.21. The van der Waals surface area contributed by atoms with Gasteiger partial charge in [0.1, 0.15) is 0 Å². The number of hydrogen-bond donors (Lipinski definition) is 2. The monoisotopic (exact) mass is 321 g/mol. The third-order valence-corrected chi connectivity index (χ3v) is 5.15. The molecule has 2 N–H and O–H groups in total. The Labute approximate surface area is 125 Å². The molecule has 0 saturated heterocycles. The quantitative estimate of drug-likeness (QED) is 0.608. The Balaban J connectivity index is 2.40. The van der Waals surface area contributed by atoms with Gasteiger partial charge in [-0.1, -0.05) is 0 Å². The van der Waals surface area contributed by atoms with Gasteiger partial charge in [0.05, 0.1) is 18.1 Å². The van der Waals surface area contributed by atoms with E-state index in [2.05, 4.69) is 10.0 Å². The smallest absolute Gasteiger partial charge is 0.241 e. The summed E-state index contributed by atoms with van der Waals surface area (Å²) in [4.78, 5) is 3.18. The van der Waals surface area contributed by atoms with Crippen LogP contribution in [0, 0.1) is 0 Å². The summed E-state index contributed by atoms with van der Waals surface area (Å²) in [5.74, 6) is 0. The molecule has 0 unspecified atom stereocenters.